The average Bonchev–Trinajstić information content (AvgIpc) is 2.61. The predicted octanol–water partition coefficient (Wildman–Crippen LogP) is 2.63. The van der Waals surface area contributed by atoms with Gasteiger partial charge in [0.1, 0.15) is 5.75 Å². The second-order valence-electron chi connectivity index (χ2n) is 6.09. The van der Waals surface area contributed by atoms with Crippen LogP contribution in [0.25, 0.3) is 0 Å². The van der Waals surface area contributed by atoms with E-state index < -0.39 is 0 Å². The molecular formula is C18H30N2O3. The molecule has 23 heavy (non-hydrogen) atoms. The minimum atomic E-state index is 0.674. The molecule has 0 N–H and O–H groups in total. The van der Waals surface area contributed by atoms with Crippen LogP contribution in [0.4, 0.5) is 0 Å². The number of nitrogens with zero attached hydrogens (tertiary/aromatic N) is 2. The zero-order valence-corrected chi connectivity index (χ0v) is 15.1. The lowest BCUT2D eigenvalue weighted by Gasteiger charge is -2.38. The Hall–Kier alpha value is -1.46. The summed E-state index contributed by atoms with van der Waals surface area (Å²) < 4.78 is 16.3. The number of hydrogen-bond donors (Lipinski definition) is 0. The summed E-state index contributed by atoms with van der Waals surface area (Å²) in [5.41, 5.74) is 1.14. The Morgan fingerprint density at radius 3 is 2.00 bits per heavy atom. The molecule has 1 aromatic rings. The number of benzene rings is 1. The van der Waals surface area contributed by atoms with Gasteiger partial charge in [0.2, 0.25) is 0 Å². The van der Waals surface area contributed by atoms with Crippen molar-refractivity contribution in [3.63, 3.8) is 0 Å². The van der Waals surface area contributed by atoms with E-state index in [0.29, 0.717) is 11.8 Å². The molecule has 2 rings (SSSR count). The molecule has 5 heteroatoms. The van der Waals surface area contributed by atoms with Gasteiger partial charge in [-0.25, -0.2) is 0 Å². The molecule has 130 valence electrons. The Morgan fingerprint density at radius 2 is 1.48 bits per heavy atom. The summed E-state index contributed by atoms with van der Waals surface area (Å²) in [5, 5.41) is 0. The van der Waals surface area contributed by atoms with E-state index in [9.17, 15) is 0 Å². The number of piperazine rings is 1. The molecule has 5 nitrogen and oxygen atoms in total. The molecule has 1 unspecified atom stereocenters. The van der Waals surface area contributed by atoms with Crippen LogP contribution in [0.3, 0.4) is 0 Å². The molecule has 0 aliphatic carbocycles. The van der Waals surface area contributed by atoms with E-state index in [4.69, 9.17) is 14.2 Å². The summed E-state index contributed by atoms with van der Waals surface area (Å²) in [7, 11) is 5.01. The summed E-state index contributed by atoms with van der Waals surface area (Å²) in [4.78, 5) is 5.05. The molecule has 1 aliphatic heterocycles. The maximum atomic E-state index is 5.53. The lowest BCUT2D eigenvalue weighted by Crippen LogP contribution is -2.49. The van der Waals surface area contributed by atoms with E-state index in [1.54, 1.807) is 21.3 Å². The predicted molar refractivity (Wildman–Crippen MR) is 92.7 cm³/mol. The fraction of sp³-hybridized carbons (Fsp3) is 0.667. The van der Waals surface area contributed by atoms with Gasteiger partial charge in [0.25, 0.3) is 0 Å². The highest BCUT2D eigenvalue weighted by Gasteiger charge is 2.21. The van der Waals surface area contributed by atoms with E-state index in [1.807, 2.05) is 12.1 Å². The van der Waals surface area contributed by atoms with Crippen LogP contribution in [0.15, 0.2) is 12.1 Å². The summed E-state index contributed by atoms with van der Waals surface area (Å²) in [6.07, 6.45) is 1.21. The van der Waals surface area contributed by atoms with Gasteiger partial charge >= 0.3 is 0 Å². The van der Waals surface area contributed by atoms with E-state index >= 15 is 0 Å². The summed E-state index contributed by atoms with van der Waals surface area (Å²) in [6.45, 7) is 9.87. The normalized spacial score (nSPS) is 17.8. The van der Waals surface area contributed by atoms with Gasteiger partial charge in [-0.15, -0.1) is 0 Å². The highest BCUT2D eigenvalue weighted by molar-refractivity contribution is 5.50. The molecule has 0 amide bonds. The van der Waals surface area contributed by atoms with Gasteiger partial charge in [-0.3, -0.25) is 9.80 Å². The second-order valence-corrected chi connectivity index (χ2v) is 6.09. The largest absolute Gasteiger partial charge is 0.496 e. The minimum Gasteiger partial charge on any atom is -0.496 e. The number of methoxy groups -OCH3 is 3. The van der Waals surface area contributed by atoms with Crippen molar-refractivity contribution < 1.29 is 14.2 Å². The van der Waals surface area contributed by atoms with Crippen LogP contribution in [0.2, 0.25) is 0 Å². The van der Waals surface area contributed by atoms with Gasteiger partial charge in [0, 0.05) is 50.4 Å². The maximum absolute atomic E-state index is 5.53. The standard InChI is InChI=1S/C18H30N2O3/c1-6-14(2)20-9-7-19(8-10-20)13-15-11-17(22-4)18(23-5)12-16(15)21-3/h11-12,14H,6-10,13H2,1-5H3. The third-order valence-corrected chi connectivity index (χ3v) is 4.80. The number of rotatable bonds is 7. The van der Waals surface area contributed by atoms with Gasteiger partial charge in [-0.1, -0.05) is 6.92 Å². The van der Waals surface area contributed by atoms with Crippen molar-refractivity contribution in [1.82, 2.24) is 9.80 Å². The first-order valence-corrected chi connectivity index (χ1v) is 8.38. The Kier molecular flexibility index (Phi) is 6.54. The molecule has 1 fully saturated rings. The smallest absolute Gasteiger partial charge is 0.164 e. The highest BCUT2D eigenvalue weighted by Crippen LogP contribution is 2.35. The monoisotopic (exact) mass is 322 g/mol. The van der Waals surface area contributed by atoms with Crippen LogP contribution < -0.4 is 14.2 Å². The molecular weight excluding hydrogens is 292 g/mol. The SMILES string of the molecule is CCC(C)N1CCN(Cc2cc(OC)c(OC)cc2OC)CC1. The molecule has 0 bridgehead atoms. The van der Waals surface area contributed by atoms with E-state index in [2.05, 4.69) is 23.6 Å². The third kappa shape index (κ3) is 4.30. The Labute approximate surface area is 140 Å². The van der Waals surface area contributed by atoms with Crippen molar-refractivity contribution in [2.75, 3.05) is 47.5 Å². The van der Waals surface area contributed by atoms with Crippen LogP contribution in [0.1, 0.15) is 25.8 Å². The van der Waals surface area contributed by atoms with Gasteiger partial charge in [0.15, 0.2) is 11.5 Å². The van der Waals surface area contributed by atoms with Crippen LogP contribution in [-0.4, -0.2) is 63.4 Å². The topological polar surface area (TPSA) is 34.2 Å². The van der Waals surface area contributed by atoms with Gasteiger partial charge in [-0.2, -0.15) is 0 Å². The Balaban J connectivity index is 2.05. The van der Waals surface area contributed by atoms with Crippen molar-refractivity contribution in [3.05, 3.63) is 17.7 Å². The molecule has 0 aromatic heterocycles. The van der Waals surface area contributed by atoms with Gasteiger partial charge < -0.3 is 14.2 Å². The van der Waals surface area contributed by atoms with Crippen molar-refractivity contribution in [2.45, 2.75) is 32.9 Å². The van der Waals surface area contributed by atoms with E-state index in [1.165, 1.54) is 6.42 Å². The molecule has 1 aliphatic rings. The number of ether oxygens (including phenoxy) is 3. The lowest BCUT2D eigenvalue weighted by molar-refractivity contribution is 0.0957. The fourth-order valence-corrected chi connectivity index (χ4v) is 3.08. The maximum Gasteiger partial charge on any atom is 0.164 e. The average molecular weight is 322 g/mol. The molecule has 0 spiro atoms. The number of hydrogen-bond acceptors (Lipinski definition) is 5. The molecule has 1 aromatic carbocycles. The van der Waals surface area contributed by atoms with Crippen molar-refractivity contribution in [3.8, 4) is 17.2 Å². The zero-order valence-electron chi connectivity index (χ0n) is 15.1. The summed E-state index contributed by atoms with van der Waals surface area (Å²) >= 11 is 0. The quantitative estimate of drug-likeness (QED) is 0.771. The fourth-order valence-electron chi connectivity index (χ4n) is 3.08. The van der Waals surface area contributed by atoms with Crippen LogP contribution in [-0.2, 0) is 6.54 Å². The van der Waals surface area contributed by atoms with Crippen molar-refractivity contribution >= 4 is 0 Å². The first kappa shape index (κ1) is 17.9. The Morgan fingerprint density at radius 1 is 0.913 bits per heavy atom. The first-order chi connectivity index (χ1) is 11.1. The second kappa shape index (κ2) is 8.41. The highest BCUT2D eigenvalue weighted by atomic mass is 16.5. The van der Waals surface area contributed by atoms with E-state index in [-0.39, 0.29) is 0 Å². The van der Waals surface area contributed by atoms with Gasteiger partial charge in [-0.05, 0) is 19.4 Å². The minimum absolute atomic E-state index is 0.674. The Bertz CT molecular complexity index is 499. The third-order valence-electron chi connectivity index (χ3n) is 4.80. The van der Waals surface area contributed by atoms with Crippen LogP contribution in [0.5, 0.6) is 17.2 Å². The van der Waals surface area contributed by atoms with Crippen LogP contribution in [0, 0.1) is 0 Å². The molecule has 1 saturated heterocycles. The zero-order chi connectivity index (χ0) is 16.8. The lowest BCUT2D eigenvalue weighted by atomic mass is 10.1. The summed E-state index contributed by atoms with van der Waals surface area (Å²) in [5.74, 6) is 2.31. The molecule has 0 saturated carbocycles. The summed E-state index contributed by atoms with van der Waals surface area (Å²) in [6, 6.07) is 4.61. The molecule has 1 heterocycles. The van der Waals surface area contributed by atoms with Crippen molar-refractivity contribution in [2.24, 2.45) is 0 Å². The van der Waals surface area contributed by atoms with E-state index in [0.717, 1.165) is 49.8 Å². The first-order valence-electron chi connectivity index (χ1n) is 8.38. The molecule has 0 radical (unpaired) electrons. The van der Waals surface area contributed by atoms with Crippen LogP contribution >= 0.6 is 0 Å². The van der Waals surface area contributed by atoms with Crippen molar-refractivity contribution in [1.29, 1.82) is 0 Å². The molecule has 1 atom stereocenters. The van der Waals surface area contributed by atoms with Gasteiger partial charge in [0.05, 0.1) is 21.3 Å².